The number of piperidine rings is 1. The number of anilines is 1. The molecule has 6 nitrogen and oxygen atoms in total. The first kappa shape index (κ1) is 15.0. The van der Waals surface area contributed by atoms with E-state index in [2.05, 4.69) is 10.6 Å². The van der Waals surface area contributed by atoms with Crippen LogP contribution in [0.15, 0.2) is 29.2 Å². The van der Waals surface area contributed by atoms with E-state index in [1.807, 2.05) is 6.92 Å². The molecule has 1 aromatic carbocycles. The summed E-state index contributed by atoms with van der Waals surface area (Å²) in [5.41, 5.74) is 0.0179. The average molecular weight is 297 g/mol. The van der Waals surface area contributed by atoms with E-state index in [0.717, 1.165) is 25.9 Å². The van der Waals surface area contributed by atoms with Crippen LogP contribution in [0.4, 0.5) is 5.69 Å². The van der Waals surface area contributed by atoms with Crippen LogP contribution in [-0.2, 0) is 14.8 Å². The van der Waals surface area contributed by atoms with E-state index >= 15 is 0 Å². The van der Waals surface area contributed by atoms with Gasteiger partial charge in [-0.05, 0) is 44.1 Å². The van der Waals surface area contributed by atoms with Gasteiger partial charge in [-0.1, -0.05) is 13.0 Å². The summed E-state index contributed by atoms with van der Waals surface area (Å²) < 4.78 is 22.6. The fraction of sp³-hybridized carbons (Fsp3) is 0.462. The SMILES string of the molecule is CC1(C(=O)Nc2cccc(S(N)(=O)=O)c2)CCNCC1. The summed E-state index contributed by atoms with van der Waals surface area (Å²) in [4.78, 5) is 12.3. The minimum absolute atomic E-state index is 0.00855. The third kappa shape index (κ3) is 3.36. The molecule has 110 valence electrons. The van der Waals surface area contributed by atoms with Crippen LogP contribution < -0.4 is 15.8 Å². The van der Waals surface area contributed by atoms with Crippen LogP contribution in [0, 0.1) is 5.41 Å². The van der Waals surface area contributed by atoms with Gasteiger partial charge in [-0.2, -0.15) is 0 Å². The zero-order valence-electron chi connectivity index (χ0n) is 11.3. The lowest BCUT2D eigenvalue weighted by molar-refractivity contribution is -0.126. The number of hydrogen-bond acceptors (Lipinski definition) is 4. The number of benzene rings is 1. The maximum atomic E-state index is 12.3. The topological polar surface area (TPSA) is 101 Å². The Morgan fingerprint density at radius 3 is 2.60 bits per heavy atom. The summed E-state index contributed by atoms with van der Waals surface area (Å²) in [6, 6.07) is 5.98. The van der Waals surface area contributed by atoms with Crippen molar-refractivity contribution in [2.24, 2.45) is 10.6 Å². The monoisotopic (exact) mass is 297 g/mol. The highest BCUT2D eigenvalue weighted by molar-refractivity contribution is 7.89. The van der Waals surface area contributed by atoms with Crippen molar-refractivity contribution in [2.75, 3.05) is 18.4 Å². The minimum atomic E-state index is -3.76. The number of nitrogens with two attached hydrogens (primary N) is 1. The standard InChI is InChI=1S/C13H19N3O3S/c1-13(5-7-15-8-6-13)12(17)16-10-3-2-4-11(9-10)20(14,18)19/h2-4,9,15H,5-8H2,1H3,(H,16,17)(H2,14,18,19). The normalized spacial score (nSPS) is 18.5. The Kier molecular flexibility index (Phi) is 4.12. The fourth-order valence-corrected chi connectivity index (χ4v) is 2.80. The fourth-order valence-electron chi connectivity index (χ4n) is 2.24. The third-order valence-electron chi connectivity index (χ3n) is 3.68. The van der Waals surface area contributed by atoms with Gasteiger partial charge < -0.3 is 10.6 Å². The van der Waals surface area contributed by atoms with Crippen molar-refractivity contribution < 1.29 is 13.2 Å². The number of primary sulfonamides is 1. The van der Waals surface area contributed by atoms with Gasteiger partial charge >= 0.3 is 0 Å². The summed E-state index contributed by atoms with van der Waals surface area (Å²) in [7, 11) is -3.76. The molecule has 7 heteroatoms. The summed E-state index contributed by atoms with van der Waals surface area (Å²) in [6.45, 7) is 3.54. The van der Waals surface area contributed by atoms with Gasteiger partial charge in [-0.3, -0.25) is 4.79 Å². The lowest BCUT2D eigenvalue weighted by Gasteiger charge is -2.32. The van der Waals surface area contributed by atoms with Crippen molar-refractivity contribution in [1.82, 2.24) is 5.32 Å². The first-order valence-corrected chi connectivity index (χ1v) is 8.01. The van der Waals surface area contributed by atoms with Gasteiger partial charge in [0, 0.05) is 11.1 Å². The van der Waals surface area contributed by atoms with Crippen LogP contribution in [0.25, 0.3) is 0 Å². The highest BCUT2D eigenvalue weighted by Crippen LogP contribution is 2.29. The van der Waals surface area contributed by atoms with Gasteiger partial charge in [0.2, 0.25) is 15.9 Å². The second-order valence-corrected chi connectivity index (χ2v) is 6.90. The van der Waals surface area contributed by atoms with E-state index in [-0.39, 0.29) is 10.8 Å². The highest BCUT2D eigenvalue weighted by atomic mass is 32.2. The Morgan fingerprint density at radius 1 is 1.35 bits per heavy atom. The molecule has 20 heavy (non-hydrogen) atoms. The number of sulfonamides is 1. The van der Waals surface area contributed by atoms with E-state index in [1.165, 1.54) is 12.1 Å². The van der Waals surface area contributed by atoms with Crippen LogP contribution in [0.5, 0.6) is 0 Å². The molecule has 1 saturated heterocycles. The Labute approximate surface area is 118 Å². The molecular weight excluding hydrogens is 278 g/mol. The molecule has 0 radical (unpaired) electrons. The first-order valence-electron chi connectivity index (χ1n) is 6.46. The first-order chi connectivity index (χ1) is 9.31. The van der Waals surface area contributed by atoms with Crippen molar-refractivity contribution in [3.8, 4) is 0 Å². The smallest absolute Gasteiger partial charge is 0.238 e. The average Bonchev–Trinajstić information content (AvgIpc) is 2.39. The number of rotatable bonds is 3. The predicted molar refractivity (Wildman–Crippen MR) is 76.7 cm³/mol. The van der Waals surface area contributed by atoms with Crippen molar-refractivity contribution >= 4 is 21.6 Å². The zero-order chi connectivity index (χ0) is 14.8. The van der Waals surface area contributed by atoms with Gasteiger partial charge in [0.25, 0.3) is 0 Å². The summed E-state index contributed by atoms with van der Waals surface area (Å²) in [5, 5.41) is 11.1. The number of carbonyl (C=O) groups is 1. The largest absolute Gasteiger partial charge is 0.326 e. The third-order valence-corrected chi connectivity index (χ3v) is 4.59. The molecule has 0 aliphatic carbocycles. The van der Waals surface area contributed by atoms with Gasteiger partial charge in [0.1, 0.15) is 0 Å². The second-order valence-electron chi connectivity index (χ2n) is 5.34. The van der Waals surface area contributed by atoms with E-state index in [4.69, 9.17) is 5.14 Å². The molecule has 4 N–H and O–H groups in total. The predicted octanol–water partition coefficient (Wildman–Crippen LogP) is 0.662. The summed E-state index contributed by atoms with van der Waals surface area (Å²) in [5.74, 6) is -0.0921. The molecule has 0 spiro atoms. The molecule has 0 unspecified atom stereocenters. The van der Waals surface area contributed by atoms with E-state index in [9.17, 15) is 13.2 Å². The highest BCUT2D eigenvalue weighted by Gasteiger charge is 2.34. The Morgan fingerprint density at radius 2 is 2.00 bits per heavy atom. The van der Waals surface area contributed by atoms with Gasteiger partial charge in [-0.15, -0.1) is 0 Å². The van der Waals surface area contributed by atoms with Crippen molar-refractivity contribution in [2.45, 2.75) is 24.7 Å². The second kappa shape index (κ2) is 5.51. The minimum Gasteiger partial charge on any atom is -0.326 e. The number of nitrogens with one attached hydrogen (secondary N) is 2. The molecule has 0 bridgehead atoms. The van der Waals surface area contributed by atoms with E-state index < -0.39 is 15.4 Å². The molecule has 2 rings (SSSR count). The van der Waals surface area contributed by atoms with Crippen LogP contribution in [0.2, 0.25) is 0 Å². The molecular formula is C13H19N3O3S. The molecule has 0 aromatic heterocycles. The van der Waals surface area contributed by atoms with Gasteiger partial charge in [-0.25, -0.2) is 13.6 Å². The molecule has 0 atom stereocenters. The lowest BCUT2D eigenvalue weighted by atomic mass is 9.80. The maximum Gasteiger partial charge on any atom is 0.238 e. The van der Waals surface area contributed by atoms with Gasteiger partial charge in [0.05, 0.1) is 4.90 Å². The molecule has 1 aliphatic rings. The van der Waals surface area contributed by atoms with E-state index in [0.29, 0.717) is 5.69 Å². The van der Waals surface area contributed by atoms with Crippen LogP contribution in [0.3, 0.4) is 0 Å². The maximum absolute atomic E-state index is 12.3. The molecule has 1 aliphatic heterocycles. The molecule has 1 fully saturated rings. The van der Waals surface area contributed by atoms with Crippen molar-refractivity contribution in [3.63, 3.8) is 0 Å². The van der Waals surface area contributed by atoms with E-state index in [1.54, 1.807) is 12.1 Å². The van der Waals surface area contributed by atoms with Gasteiger partial charge in [0.15, 0.2) is 0 Å². The summed E-state index contributed by atoms with van der Waals surface area (Å²) in [6.07, 6.45) is 1.52. The quantitative estimate of drug-likeness (QED) is 0.763. The lowest BCUT2D eigenvalue weighted by Crippen LogP contribution is -2.42. The van der Waals surface area contributed by atoms with Crippen molar-refractivity contribution in [3.05, 3.63) is 24.3 Å². The van der Waals surface area contributed by atoms with Crippen molar-refractivity contribution in [1.29, 1.82) is 0 Å². The number of carbonyl (C=O) groups excluding carboxylic acids is 1. The van der Waals surface area contributed by atoms with Crippen LogP contribution in [-0.4, -0.2) is 27.4 Å². The Hall–Kier alpha value is -1.44. The molecule has 1 aromatic rings. The van der Waals surface area contributed by atoms with Crippen LogP contribution in [0.1, 0.15) is 19.8 Å². The molecule has 0 saturated carbocycles. The summed E-state index contributed by atoms with van der Waals surface area (Å²) >= 11 is 0. The molecule has 1 heterocycles. The Balaban J connectivity index is 2.16. The zero-order valence-corrected chi connectivity index (χ0v) is 12.2. The number of hydrogen-bond donors (Lipinski definition) is 3. The molecule has 1 amide bonds. The van der Waals surface area contributed by atoms with Crippen LogP contribution >= 0.6 is 0 Å². The number of amides is 1. The Bertz CT molecular complexity index is 607.